The number of benzene rings is 4. The van der Waals surface area contributed by atoms with Gasteiger partial charge < -0.3 is 51.6 Å². The Bertz CT molecular complexity index is 2660. The second-order valence-electron chi connectivity index (χ2n) is 18.2. The van der Waals surface area contributed by atoms with Crippen molar-refractivity contribution in [1.29, 1.82) is 0 Å². The number of azide groups is 1. The van der Waals surface area contributed by atoms with Crippen LogP contribution in [0.1, 0.15) is 79.8 Å². The van der Waals surface area contributed by atoms with E-state index >= 15 is 0 Å². The van der Waals surface area contributed by atoms with Gasteiger partial charge in [-0.3, -0.25) is 4.79 Å². The summed E-state index contributed by atoms with van der Waals surface area (Å²) in [7, 11) is 15.6. The predicted octanol–water partition coefficient (Wildman–Crippen LogP) is 8.32. The number of carbonyl (C=O) groups excluding carboxylic acids is 3. The number of hydrogen-bond donors (Lipinski definition) is 0. The minimum atomic E-state index is -0.739. The molecule has 2 aliphatic rings. The van der Waals surface area contributed by atoms with E-state index in [1.54, 1.807) is 54.8 Å². The number of fused-ring (bicyclic) bond motifs is 2. The summed E-state index contributed by atoms with van der Waals surface area (Å²) in [4.78, 5) is 41.3. The monoisotopic (exact) mass is 965 g/mol. The molecule has 0 fully saturated rings. The van der Waals surface area contributed by atoms with Crippen molar-refractivity contribution in [3.8, 4) is 40.2 Å². The minimum Gasteiger partial charge on any atom is -0.496 e. The number of quaternary nitrogens is 2. The lowest BCUT2D eigenvalue weighted by Gasteiger charge is -2.46. The van der Waals surface area contributed by atoms with E-state index in [0.29, 0.717) is 81.6 Å². The van der Waals surface area contributed by atoms with Gasteiger partial charge in [0.1, 0.15) is 17.8 Å². The first-order chi connectivity index (χ1) is 33.6. The SMILES string of the molecule is COc1cc2c(cc1OC)C(c1cc(C)c(OC)c(OC)c1)[N+](C)(CCCOC(=O)/C=C/C(=O)OCCC[N+]1(C)CCc3cc(C)c(OC)c(OC)c3C1Cc1ccc(OC)c(C(=O)N=[N+]=[N-])c1)CC2. The quantitative estimate of drug-likeness (QED) is 0.0148. The Morgan fingerprint density at radius 1 is 0.657 bits per heavy atom. The van der Waals surface area contributed by atoms with Gasteiger partial charge in [0.15, 0.2) is 34.5 Å². The molecular formula is C53H67N5O12+2. The van der Waals surface area contributed by atoms with E-state index in [1.807, 2.05) is 26.0 Å². The predicted molar refractivity (Wildman–Crippen MR) is 262 cm³/mol. The molecule has 2 heterocycles. The Hall–Kier alpha value is -6.94. The average molecular weight is 966 g/mol. The first-order valence-electron chi connectivity index (χ1n) is 23.3. The molecule has 17 nitrogen and oxygen atoms in total. The lowest BCUT2D eigenvalue weighted by Crippen LogP contribution is -2.53. The Kier molecular flexibility index (Phi) is 17.3. The molecule has 374 valence electrons. The number of likely N-dealkylation sites (N-methyl/N-ethyl adjacent to an activating group) is 2. The summed E-state index contributed by atoms with van der Waals surface area (Å²) in [6, 6.07) is 15.5. The van der Waals surface area contributed by atoms with E-state index in [1.165, 1.54) is 12.7 Å². The van der Waals surface area contributed by atoms with Gasteiger partial charge in [0.25, 0.3) is 5.91 Å². The third-order valence-corrected chi connectivity index (χ3v) is 13.9. The second kappa shape index (κ2) is 23.1. The van der Waals surface area contributed by atoms with Crippen molar-refractivity contribution in [3.63, 3.8) is 0 Å². The third-order valence-electron chi connectivity index (χ3n) is 13.9. The van der Waals surface area contributed by atoms with Crippen molar-refractivity contribution >= 4 is 17.8 Å². The normalized spacial score (nSPS) is 19.2. The highest BCUT2D eigenvalue weighted by Gasteiger charge is 2.43. The number of carbonyl (C=O) groups is 3. The Labute approximate surface area is 410 Å². The molecule has 0 N–H and O–H groups in total. The van der Waals surface area contributed by atoms with E-state index in [9.17, 15) is 14.4 Å². The van der Waals surface area contributed by atoms with Gasteiger partial charge in [0.2, 0.25) is 0 Å². The Balaban J connectivity index is 1.09. The lowest BCUT2D eigenvalue weighted by atomic mass is 9.84. The zero-order valence-electron chi connectivity index (χ0n) is 42.3. The molecule has 4 aromatic rings. The van der Waals surface area contributed by atoms with Crippen LogP contribution in [0.5, 0.6) is 40.2 Å². The zero-order chi connectivity index (χ0) is 50.8. The number of methoxy groups -OCH3 is 7. The molecule has 0 bridgehead atoms. The van der Waals surface area contributed by atoms with Crippen LogP contribution >= 0.6 is 0 Å². The summed E-state index contributed by atoms with van der Waals surface area (Å²) in [5.41, 5.74) is 17.4. The van der Waals surface area contributed by atoms with E-state index in [2.05, 4.69) is 48.4 Å². The molecule has 6 rings (SSSR count). The van der Waals surface area contributed by atoms with Gasteiger partial charge in [-0.2, -0.15) is 0 Å². The standard InChI is InChI=1S/C53H67N5O12/c1-33-27-38(31-45(65-8)50(33)66-9)49-39-32-44(64-7)43(63-6)30-36(39)18-23-58(49,4)21-13-25-70-47(60)17-16-46(59)69-24-12-20-57(3)22-19-37-26-34(2)51(67-10)52(68-11)48(37)41(57)29-35-14-15-42(62-5)40(28-35)53(61)55-56-54/h14-17,26-28,30-32,41,49H,12-13,18-25,29H2,1-11H3/q+2/b17-16+. The molecule has 0 radical (unpaired) electrons. The molecule has 0 aromatic heterocycles. The molecule has 0 spiro atoms. The van der Waals surface area contributed by atoms with E-state index in [4.69, 9.17) is 48.2 Å². The summed E-state index contributed by atoms with van der Waals surface area (Å²) in [6.07, 6.45) is 5.37. The zero-order valence-corrected chi connectivity index (χ0v) is 42.3. The fourth-order valence-electron chi connectivity index (χ4n) is 10.5. The van der Waals surface area contributed by atoms with Gasteiger partial charge >= 0.3 is 11.9 Å². The first kappa shape index (κ1) is 52.4. The number of esters is 2. The molecule has 0 saturated heterocycles. The van der Waals surface area contributed by atoms with Crippen LogP contribution in [0.3, 0.4) is 0 Å². The summed E-state index contributed by atoms with van der Waals surface area (Å²) >= 11 is 0. The highest BCUT2D eigenvalue weighted by molar-refractivity contribution is 5.97. The van der Waals surface area contributed by atoms with Crippen molar-refractivity contribution in [3.05, 3.63) is 121 Å². The molecule has 2 aliphatic heterocycles. The summed E-state index contributed by atoms with van der Waals surface area (Å²) in [5, 5.41) is 3.31. The van der Waals surface area contributed by atoms with Crippen LogP contribution in [0.2, 0.25) is 0 Å². The number of ether oxygens (including phenoxy) is 9. The van der Waals surface area contributed by atoms with Crippen molar-refractivity contribution in [2.45, 2.75) is 58.0 Å². The largest absolute Gasteiger partial charge is 0.496 e. The number of aryl methyl sites for hydroxylation is 2. The summed E-state index contributed by atoms with van der Waals surface area (Å²) in [6.45, 7) is 7.18. The Morgan fingerprint density at radius 3 is 1.83 bits per heavy atom. The van der Waals surface area contributed by atoms with E-state index in [-0.39, 0.29) is 30.9 Å². The molecule has 4 atom stereocenters. The summed E-state index contributed by atoms with van der Waals surface area (Å²) in [5.74, 6) is 2.23. The van der Waals surface area contributed by atoms with Gasteiger partial charge in [-0.25, -0.2) is 9.59 Å². The van der Waals surface area contributed by atoms with Crippen molar-refractivity contribution in [2.75, 3.05) is 103 Å². The van der Waals surface area contributed by atoms with Gasteiger partial charge in [0.05, 0.1) is 114 Å². The Morgan fingerprint density at radius 2 is 1.23 bits per heavy atom. The van der Waals surface area contributed by atoms with Crippen LogP contribution in [-0.4, -0.2) is 130 Å². The van der Waals surface area contributed by atoms with Crippen molar-refractivity contribution in [1.82, 2.24) is 0 Å². The van der Waals surface area contributed by atoms with Crippen LogP contribution in [0.25, 0.3) is 10.4 Å². The maximum absolute atomic E-state index is 12.9. The number of hydrogen-bond acceptors (Lipinski definition) is 12. The van der Waals surface area contributed by atoms with Gasteiger partial charge in [0, 0.05) is 60.3 Å². The highest BCUT2D eigenvalue weighted by Crippen LogP contribution is 2.49. The lowest BCUT2D eigenvalue weighted by molar-refractivity contribution is -0.941. The summed E-state index contributed by atoms with van der Waals surface area (Å²) < 4.78 is 52.5. The van der Waals surface area contributed by atoms with E-state index in [0.717, 1.165) is 77.0 Å². The van der Waals surface area contributed by atoms with Crippen LogP contribution in [0, 0.1) is 13.8 Å². The third kappa shape index (κ3) is 11.2. The maximum atomic E-state index is 12.9. The molecule has 1 amide bonds. The van der Waals surface area contributed by atoms with E-state index < -0.39 is 17.8 Å². The first-order valence-corrected chi connectivity index (χ1v) is 23.3. The van der Waals surface area contributed by atoms with Crippen molar-refractivity contribution < 1.29 is 66.0 Å². The van der Waals surface area contributed by atoms with Crippen LogP contribution in [0.4, 0.5) is 0 Å². The molecule has 4 unspecified atom stereocenters. The fraction of sp³-hybridized carbons (Fsp3) is 0.453. The van der Waals surface area contributed by atoms with Crippen LogP contribution in [-0.2, 0) is 38.3 Å². The second-order valence-corrected chi connectivity index (χ2v) is 18.2. The van der Waals surface area contributed by atoms with Gasteiger partial charge in [-0.15, -0.1) is 0 Å². The molecule has 0 saturated carbocycles. The molecule has 17 heteroatoms. The maximum Gasteiger partial charge on any atom is 0.331 e. The highest BCUT2D eigenvalue weighted by atomic mass is 16.5. The molecule has 70 heavy (non-hydrogen) atoms. The van der Waals surface area contributed by atoms with Gasteiger partial charge in [-0.05, 0) is 88.7 Å². The molecule has 0 aliphatic carbocycles. The van der Waals surface area contributed by atoms with Crippen LogP contribution < -0.4 is 33.2 Å². The van der Waals surface area contributed by atoms with Gasteiger partial charge in [-0.1, -0.05) is 12.1 Å². The smallest absolute Gasteiger partial charge is 0.331 e. The number of rotatable bonds is 21. The molecule has 4 aromatic carbocycles. The minimum absolute atomic E-state index is 0.103. The topological polar surface area (TPSA) is 183 Å². The number of amides is 1. The average Bonchev–Trinajstić information content (AvgIpc) is 3.35. The van der Waals surface area contributed by atoms with Crippen molar-refractivity contribution in [2.24, 2.45) is 5.11 Å². The molecular weight excluding hydrogens is 899 g/mol. The number of nitrogens with zero attached hydrogens (tertiary/aromatic N) is 5. The van der Waals surface area contributed by atoms with Crippen LogP contribution in [0.15, 0.2) is 65.8 Å². The fourth-order valence-corrected chi connectivity index (χ4v) is 10.5.